The Bertz CT molecular complexity index is 467. The quantitative estimate of drug-likeness (QED) is 0.303. The minimum absolute atomic E-state index is 0. The van der Waals surface area contributed by atoms with Crippen LogP contribution in [0.4, 0.5) is 0 Å². The largest absolute Gasteiger partial charge is 0.356 e. The standard InChI is InChI=1S/C16H34N4O2S.HI/c1-5-20(6-2)10-7-8-14(3)19-16(17-4)18-12-15-9-11-23(21,22)13-15;/h14-15H,5-13H2,1-4H3,(H2,17,18,19);1H. The topological polar surface area (TPSA) is 73.8 Å². The molecule has 6 nitrogen and oxygen atoms in total. The molecule has 1 aliphatic heterocycles. The number of guanidine groups is 1. The van der Waals surface area contributed by atoms with E-state index >= 15 is 0 Å². The van der Waals surface area contributed by atoms with Crippen LogP contribution >= 0.6 is 24.0 Å². The van der Waals surface area contributed by atoms with Crippen molar-refractivity contribution in [2.24, 2.45) is 10.9 Å². The number of aliphatic imine (C=N–C) groups is 1. The predicted molar refractivity (Wildman–Crippen MR) is 113 cm³/mol. The van der Waals surface area contributed by atoms with Crippen LogP contribution in [0.1, 0.15) is 40.0 Å². The lowest BCUT2D eigenvalue weighted by Crippen LogP contribution is -2.44. The Kier molecular flexibility index (Phi) is 12.2. The zero-order valence-corrected chi connectivity index (χ0v) is 18.7. The van der Waals surface area contributed by atoms with Crippen molar-refractivity contribution in [2.75, 3.05) is 44.7 Å². The van der Waals surface area contributed by atoms with Gasteiger partial charge in [0, 0.05) is 19.6 Å². The first-order chi connectivity index (χ1) is 10.9. The minimum Gasteiger partial charge on any atom is -0.356 e. The van der Waals surface area contributed by atoms with E-state index in [-0.39, 0.29) is 29.9 Å². The number of sulfone groups is 1. The Labute approximate surface area is 165 Å². The summed E-state index contributed by atoms with van der Waals surface area (Å²) in [5, 5.41) is 6.66. The van der Waals surface area contributed by atoms with Crippen molar-refractivity contribution in [3.8, 4) is 0 Å². The number of nitrogens with one attached hydrogen (secondary N) is 2. The van der Waals surface area contributed by atoms with Crippen LogP contribution in [0.25, 0.3) is 0 Å². The van der Waals surface area contributed by atoms with Crippen LogP contribution in [0.3, 0.4) is 0 Å². The Hall–Kier alpha value is -0.0900. The number of hydrogen-bond acceptors (Lipinski definition) is 4. The van der Waals surface area contributed by atoms with Crippen molar-refractivity contribution < 1.29 is 8.42 Å². The number of nitrogens with zero attached hydrogens (tertiary/aromatic N) is 2. The van der Waals surface area contributed by atoms with Gasteiger partial charge in [-0.15, -0.1) is 24.0 Å². The third-order valence-electron chi connectivity index (χ3n) is 4.50. The highest BCUT2D eigenvalue weighted by atomic mass is 127. The molecule has 0 aromatic heterocycles. The molecule has 1 saturated heterocycles. The number of halogens is 1. The van der Waals surface area contributed by atoms with Gasteiger partial charge in [0.2, 0.25) is 0 Å². The molecule has 1 heterocycles. The van der Waals surface area contributed by atoms with Gasteiger partial charge in [0.25, 0.3) is 0 Å². The molecule has 0 aliphatic carbocycles. The molecule has 0 aromatic carbocycles. The van der Waals surface area contributed by atoms with Crippen molar-refractivity contribution in [3.63, 3.8) is 0 Å². The summed E-state index contributed by atoms with van der Waals surface area (Å²) in [5.74, 6) is 1.60. The molecule has 1 aliphatic rings. The molecule has 2 unspecified atom stereocenters. The van der Waals surface area contributed by atoms with Gasteiger partial charge in [-0.25, -0.2) is 8.42 Å². The molecule has 144 valence electrons. The Morgan fingerprint density at radius 2 is 2.00 bits per heavy atom. The normalized spacial score (nSPS) is 21.4. The first kappa shape index (κ1) is 23.9. The molecule has 2 N–H and O–H groups in total. The maximum atomic E-state index is 11.5. The van der Waals surface area contributed by atoms with E-state index in [9.17, 15) is 8.42 Å². The van der Waals surface area contributed by atoms with Crippen molar-refractivity contribution in [1.29, 1.82) is 0 Å². The lowest BCUT2D eigenvalue weighted by atomic mass is 10.1. The van der Waals surface area contributed by atoms with Crippen LogP contribution in [0.15, 0.2) is 4.99 Å². The second kappa shape index (κ2) is 12.3. The zero-order valence-electron chi connectivity index (χ0n) is 15.5. The average Bonchev–Trinajstić information content (AvgIpc) is 2.87. The van der Waals surface area contributed by atoms with E-state index < -0.39 is 9.84 Å². The molecule has 24 heavy (non-hydrogen) atoms. The molecule has 8 heteroatoms. The fourth-order valence-electron chi connectivity index (χ4n) is 2.94. The highest BCUT2D eigenvalue weighted by Crippen LogP contribution is 2.17. The summed E-state index contributed by atoms with van der Waals surface area (Å²) in [6, 6.07) is 0.351. The molecule has 1 fully saturated rings. The SMILES string of the molecule is CCN(CC)CCCC(C)NC(=NC)NCC1CCS(=O)(=O)C1.I. The maximum Gasteiger partial charge on any atom is 0.191 e. The maximum absolute atomic E-state index is 11.5. The van der Waals surface area contributed by atoms with Crippen LogP contribution in [-0.2, 0) is 9.84 Å². The smallest absolute Gasteiger partial charge is 0.191 e. The van der Waals surface area contributed by atoms with Gasteiger partial charge < -0.3 is 15.5 Å². The van der Waals surface area contributed by atoms with Gasteiger partial charge in [0.1, 0.15) is 0 Å². The minimum atomic E-state index is -2.80. The van der Waals surface area contributed by atoms with E-state index in [0.717, 1.165) is 44.9 Å². The van der Waals surface area contributed by atoms with Crippen LogP contribution in [-0.4, -0.2) is 70.1 Å². The third-order valence-corrected chi connectivity index (χ3v) is 6.33. The van der Waals surface area contributed by atoms with E-state index in [4.69, 9.17) is 0 Å². The van der Waals surface area contributed by atoms with Gasteiger partial charge in [-0.1, -0.05) is 13.8 Å². The van der Waals surface area contributed by atoms with Crippen molar-refractivity contribution in [1.82, 2.24) is 15.5 Å². The Balaban J connectivity index is 0.00000529. The molecule has 0 radical (unpaired) electrons. The van der Waals surface area contributed by atoms with E-state index in [1.807, 2.05) is 0 Å². The zero-order chi connectivity index (χ0) is 17.3. The van der Waals surface area contributed by atoms with Crippen LogP contribution in [0.2, 0.25) is 0 Å². The Morgan fingerprint density at radius 1 is 1.33 bits per heavy atom. The van der Waals surface area contributed by atoms with Crippen LogP contribution in [0.5, 0.6) is 0 Å². The van der Waals surface area contributed by atoms with Gasteiger partial charge in [-0.2, -0.15) is 0 Å². The molecule has 0 spiro atoms. The number of hydrogen-bond donors (Lipinski definition) is 2. The fraction of sp³-hybridized carbons (Fsp3) is 0.938. The Morgan fingerprint density at radius 3 is 2.50 bits per heavy atom. The first-order valence-corrected chi connectivity index (χ1v) is 10.6. The lowest BCUT2D eigenvalue weighted by molar-refractivity contribution is 0.292. The molecule has 1 rings (SSSR count). The molecular formula is C16H35IN4O2S. The predicted octanol–water partition coefficient (Wildman–Crippen LogP) is 1.71. The first-order valence-electron chi connectivity index (χ1n) is 8.80. The molecule has 0 amide bonds. The van der Waals surface area contributed by atoms with E-state index in [0.29, 0.717) is 24.1 Å². The molecular weight excluding hydrogens is 439 g/mol. The van der Waals surface area contributed by atoms with Crippen LogP contribution < -0.4 is 10.6 Å². The van der Waals surface area contributed by atoms with E-state index in [2.05, 4.69) is 41.3 Å². The number of rotatable bonds is 9. The summed E-state index contributed by atoms with van der Waals surface area (Å²) in [6.45, 7) is 10.6. The average molecular weight is 474 g/mol. The molecule has 2 atom stereocenters. The second-order valence-electron chi connectivity index (χ2n) is 6.44. The van der Waals surface area contributed by atoms with Crippen molar-refractivity contribution >= 4 is 39.8 Å². The highest BCUT2D eigenvalue weighted by molar-refractivity contribution is 14.0. The fourth-order valence-corrected chi connectivity index (χ4v) is 4.80. The van der Waals surface area contributed by atoms with E-state index in [1.165, 1.54) is 0 Å². The van der Waals surface area contributed by atoms with Crippen molar-refractivity contribution in [2.45, 2.75) is 46.1 Å². The van der Waals surface area contributed by atoms with Gasteiger partial charge in [-0.05, 0) is 51.7 Å². The van der Waals surface area contributed by atoms with Gasteiger partial charge in [0.05, 0.1) is 11.5 Å². The lowest BCUT2D eigenvalue weighted by Gasteiger charge is -2.21. The summed E-state index contributed by atoms with van der Waals surface area (Å²) >= 11 is 0. The van der Waals surface area contributed by atoms with Crippen LogP contribution in [0, 0.1) is 5.92 Å². The van der Waals surface area contributed by atoms with Gasteiger partial charge >= 0.3 is 0 Å². The summed E-state index contributed by atoms with van der Waals surface area (Å²) in [6.07, 6.45) is 3.01. The molecule has 0 saturated carbocycles. The summed E-state index contributed by atoms with van der Waals surface area (Å²) < 4.78 is 23.0. The van der Waals surface area contributed by atoms with Crippen molar-refractivity contribution in [3.05, 3.63) is 0 Å². The monoisotopic (exact) mass is 474 g/mol. The highest BCUT2D eigenvalue weighted by Gasteiger charge is 2.27. The second-order valence-corrected chi connectivity index (χ2v) is 8.67. The summed E-state index contributed by atoms with van der Waals surface area (Å²) in [5.41, 5.74) is 0. The summed E-state index contributed by atoms with van der Waals surface area (Å²) in [7, 11) is -1.05. The molecule has 0 bridgehead atoms. The van der Waals surface area contributed by atoms with Gasteiger partial charge in [-0.3, -0.25) is 4.99 Å². The third kappa shape index (κ3) is 9.41. The van der Waals surface area contributed by atoms with E-state index in [1.54, 1.807) is 7.05 Å². The molecule has 0 aromatic rings. The summed E-state index contributed by atoms with van der Waals surface area (Å²) in [4.78, 5) is 6.67. The van der Waals surface area contributed by atoms with Gasteiger partial charge in [0.15, 0.2) is 15.8 Å².